The second kappa shape index (κ2) is 8.02. The van der Waals surface area contributed by atoms with Crippen LogP contribution in [0.3, 0.4) is 0 Å². The number of amides is 1. The van der Waals surface area contributed by atoms with Crippen LogP contribution in [0.2, 0.25) is 5.02 Å². The molecule has 1 saturated heterocycles. The molecule has 27 heavy (non-hydrogen) atoms. The van der Waals surface area contributed by atoms with Crippen LogP contribution in [0.5, 0.6) is 5.75 Å². The molecule has 5 nitrogen and oxygen atoms in total. The maximum absolute atomic E-state index is 12.7. The van der Waals surface area contributed by atoms with Gasteiger partial charge < -0.3 is 4.18 Å². The number of thiocarbonyl (C=S) groups is 1. The Morgan fingerprint density at radius 1 is 1.22 bits per heavy atom. The van der Waals surface area contributed by atoms with Crippen LogP contribution in [0.25, 0.3) is 6.08 Å². The Kier molecular flexibility index (Phi) is 5.90. The van der Waals surface area contributed by atoms with Crippen molar-refractivity contribution in [1.82, 2.24) is 4.90 Å². The Morgan fingerprint density at radius 3 is 2.56 bits per heavy atom. The highest BCUT2D eigenvalue weighted by Gasteiger charge is 2.31. The number of carbonyl (C=O) groups excluding carboxylic acids is 1. The summed E-state index contributed by atoms with van der Waals surface area (Å²) in [6.07, 6.45) is 2.61. The molecule has 0 aromatic heterocycles. The number of benzene rings is 2. The molecule has 140 valence electrons. The van der Waals surface area contributed by atoms with Crippen LogP contribution >= 0.6 is 35.6 Å². The van der Waals surface area contributed by atoms with E-state index in [-0.39, 0.29) is 16.7 Å². The molecule has 1 fully saturated rings. The summed E-state index contributed by atoms with van der Waals surface area (Å²) in [4.78, 5) is 14.7. The molecule has 1 heterocycles. The van der Waals surface area contributed by atoms with E-state index in [2.05, 4.69) is 0 Å². The zero-order valence-corrected chi connectivity index (χ0v) is 17.3. The van der Waals surface area contributed by atoms with Gasteiger partial charge in [0.05, 0.1) is 22.7 Å². The lowest BCUT2D eigenvalue weighted by Gasteiger charge is -2.14. The Hall–Kier alpha value is -1.87. The van der Waals surface area contributed by atoms with Crippen molar-refractivity contribution in [2.45, 2.75) is 6.54 Å². The number of thioether (sulfide) groups is 1. The van der Waals surface area contributed by atoms with Crippen LogP contribution in [0.1, 0.15) is 11.1 Å². The van der Waals surface area contributed by atoms with Crippen LogP contribution in [-0.4, -0.2) is 29.8 Å². The zero-order chi connectivity index (χ0) is 19.6. The number of rotatable bonds is 5. The molecule has 3 rings (SSSR count). The van der Waals surface area contributed by atoms with E-state index in [9.17, 15) is 13.2 Å². The van der Waals surface area contributed by atoms with Crippen LogP contribution in [0.4, 0.5) is 0 Å². The van der Waals surface area contributed by atoms with Crippen molar-refractivity contribution >= 4 is 62.0 Å². The molecular formula is C18H14ClNO4S3. The molecule has 9 heteroatoms. The van der Waals surface area contributed by atoms with Gasteiger partial charge in [0.25, 0.3) is 5.91 Å². The Bertz CT molecular complexity index is 1040. The molecule has 0 N–H and O–H groups in total. The number of nitrogens with zero attached hydrogens (tertiary/aromatic N) is 1. The third-order valence-corrected chi connectivity index (χ3v) is 5.71. The lowest BCUT2D eigenvalue weighted by Crippen LogP contribution is -2.27. The molecule has 2 aromatic rings. The number of hydrogen-bond acceptors (Lipinski definition) is 6. The van der Waals surface area contributed by atoms with E-state index in [1.807, 2.05) is 30.3 Å². The Morgan fingerprint density at radius 2 is 1.93 bits per heavy atom. The third-order valence-electron chi connectivity index (χ3n) is 3.55. The molecule has 0 bridgehead atoms. The minimum absolute atomic E-state index is 0.0351. The molecule has 1 amide bonds. The van der Waals surface area contributed by atoms with E-state index >= 15 is 0 Å². The highest BCUT2D eigenvalue weighted by molar-refractivity contribution is 8.26. The predicted octanol–water partition coefficient (Wildman–Crippen LogP) is 4.08. The zero-order valence-electron chi connectivity index (χ0n) is 14.1. The highest BCUT2D eigenvalue weighted by atomic mass is 35.5. The van der Waals surface area contributed by atoms with Crippen LogP contribution < -0.4 is 4.18 Å². The average Bonchev–Trinajstić information content (AvgIpc) is 2.85. The SMILES string of the molecule is CS(=O)(=O)Oc1ccc(/C=C2/SC(=S)N(Cc3ccccc3)C2=O)cc1Cl. The summed E-state index contributed by atoms with van der Waals surface area (Å²) in [6, 6.07) is 14.2. The lowest BCUT2D eigenvalue weighted by atomic mass is 10.2. The van der Waals surface area contributed by atoms with Crippen LogP contribution in [0.15, 0.2) is 53.4 Å². The van der Waals surface area contributed by atoms with Gasteiger partial charge in [-0.2, -0.15) is 8.42 Å². The number of halogens is 1. The van der Waals surface area contributed by atoms with Crippen molar-refractivity contribution in [3.05, 3.63) is 69.6 Å². The minimum atomic E-state index is -3.67. The minimum Gasteiger partial charge on any atom is -0.381 e. The fraction of sp³-hybridized carbons (Fsp3) is 0.111. The van der Waals surface area contributed by atoms with Gasteiger partial charge in [-0.1, -0.05) is 72.0 Å². The van der Waals surface area contributed by atoms with Crippen molar-refractivity contribution in [2.24, 2.45) is 0 Å². The molecule has 0 spiro atoms. The van der Waals surface area contributed by atoms with Gasteiger partial charge in [0.1, 0.15) is 4.32 Å². The second-order valence-corrected chi connectivity index (χ2v) is 9.39. The van der Waals surface area contributed by atoms with Crippen molar-refractivity contribution < 1.29 is 17.4 Å². The van der Waals surface area contributed by atoms with Crippen LogP contribution in [0, 0.1) is 0 Å². The molecule has 0 radical (unpaired) electrons. The Balaban J connectivity index is 1.80. The van der Waals surface area contributed by atoms with Gasteiger partial charge in [0.15, 0.2) is 5.75 Å². The van der Waals surface area contributed by atoms with Crippen molar-refractivity contribution in [2.75, 3.05) is 6.26 Å². The van der Waals surface area contributed by atoms with Gasteiger partial charge in [-0.05, 0) is 29.3 Å². The summed E-state index contributed by atoms with van der Waals surface area (Å²) >= 11 is 12.6. The van der Waals surface area contributed by atoms with Gasteiger partial charge in [-0.15, -0.1) is 0 Å². The first kappa shape index (κ1) is 19.9. The van der Waals surface area contributed by atoms with Gasteiger partial charge in [0.2, 0.25) is 0 Å². The third kappa shape index (κ3) is 5.10. The van der Waals surface area contributed by atoms with Crippen molar-refractivity contribution in [3.8, 4) is 5.75 Å². The Labute approximate surface area is 172 Å². The fourth-order valence-electron chi connectivity index (χ4n) is 2.39. The first-order valence-corrected chi connectivity index (χ1v) is 11.1. The van der Waals surface area contributed by atoms with E-state index in [0.29, 0.717) is 21.3 Å². The first-order valence-electron chi connectivity index (χ1n) is 7.71. The predicted molar refractivity (Wildman–Crippen MR) is 112 cm³/mol. The molecular weight excluding hydrogens is 426 g/mol. The number of carbonyl (C=O) groups is 1. The quantitative estimate of drug-likeness (QED) is 0.397. The van der Waals surface area contributed by atoms with E-state index in [1.54, 1.807) is 17.0 Å². The smallest absolute Gasteiger partial charge is 0.306 e. The molecule has 0 aliphatic carbocycles. The van der Waals surface area contributed by atoms with Gasteiger partial charge in [-0.3, -0.25) is 9.69 Å². The number of hydrogen-bond donors (Lipinski definition) is 0. The van der Waals surface area contributed by atoms with E-state index in [0.717, 1.165) is 11.8 Å². The largest absolute Gasteiger partial charge is 0.381 e. The maximum atomic E-state index is 12.7. The maximum Gasteiger partial charge on any atom is 0.306 e. The van der Waals surface area contributed by atoms with Crippen molar-refractivity contribution in [1.29, 1.82) is 0 Å². The molecule has 2 aromatic carbocycles. The van der Waals surface area contributed by atoms with Crippen molar-refractivity contribution in [3.63, 3.8) is 0 Å². The molecule has 0 atom stereocenters. The lowest BCUT2D eigenvalue weighted by molar-refractivity contribution is -0.122. The highest BCUT2D eigenvalue weighted by Crippen LogP contribution is 2.35. The second-order valence-electron chi connectivity index (χ2n) is 5.73. The molecule has 0 unspecified atom stereocenters. The molecule has 1 aliphatic heterocycles. The molecule has 0 saturated carbocycles. The monoisotopic (exact) mass is 439 g/mol. The normalized spacial score (nSPS) is 16.2. The topological polar surface area (TPSA) is 63.7 Å². The van der Waals surface area contributed by atoms with Gasteiger partial charge in [-0.25, -0.2) is 0 Å². The van der Waals surface area contributed by atoms with Gasteiger partial charge >= 0.3 is 10.1 Å². The summed E-state index contributed by atoms with van der Waals surface area (Å²) in [5, 5.41) is 0.133. The average molecular weight is 440 g/mol. The van der Waals surface area contributed by atoms with Crippen LogP contribution in [-0.2, 0) is 21.5 Å². The van der Waals surface area contributed by atoms with E-state index < -0.39 is 10.1 Å². The summed E-state index contributed by atoms with van der Waals surface area (Å²) < 4.78 is 27.7. The summed E-state index contributed by atoms with van der Waals surface area (Å²) in [6.45, 7) is 0.407. The first-order chi connectivity index (χ1) is 12.7. The van der Waals surface area contributed by atoms with Gasteiger partial charge in [0, 0.05) is 0 Å². The van der Waals surface area contributed by atoms with E-state index in [4.69, 9.17) is 28.0 Å². The summed E-state index contributed by atoms with van der Waals surface area (Å²) in [5.41, 5.74) is 1.63. The van der Waals surface area contributed by atoms with E-state index in [1.165, 1.54) is 23.9 Å². The standard InChI is InChI=1S/C18H14ClNO4S3/c1-27(22,23)24-15-8-7-13(9-14(15)19)10-16-17(21)20(18(25)26-16)11-12-5-3-2-4-6-12/h2-10H,11H2,1H3/b16-10+. The fourth-order valence-corrected chi connectivity index (χ4v) is 4.39. The molecule has 1 aliphatic rings. The summed E-state index contributed by atoms with van der Waals surface area (Å²) in [7, 11) is -3.67. The summed E-state index contributed by atoms with van der Waals surface area (Å²) in [5.74, 6) is -0.144.